The van der Waals surface area contributed by atoms with Gasteiger partial charge in [-0.25, -0.2) is 4.79 Å². The van der Waals surface area contributed by atoms with Crippen LogP contribution in [0.2, 0.25) is 0 Å². The van der Waals surface area contributed by atoms with Crippen LogP contribution in [0.15, 0.2) is 51.7 Å². The first-order valence-corrected chi connectivity index (χ1v) is 7.54. The van der Waals surface area contributed by atoms with E-state index < -0.39 is 5.76 Å². The second kappa shape index (κ2) is 6.54. The molecule has 0 spiro atoms. The SMILES string of the molecule is Cc1ccc(C(=O)CCC(=O)Nc2ccc3[nH]c(=O)oc3c2)cc1. The van der Waals surface area contributed by atoms with Gasteiger partial charge in [0.1, 0.15) is 0 Å². The van der Waals surface area contributed by atoms with Crippen LogP contribution < -0.4 is 11.1 Å². The molecule has 0 radical (unpaired) electrons. The Kier molecular flexibility index (Phi) is 4.29. The van der Waals surface area contributed by atoms with Crippen LogP contribution in [-0.4, -0.2) is 16.7 Å². The number of fused-ring (bicyclic) bond motifs is 1. The topological polar surface area (TPSA) is 92.2 Å². The zero-order valence-electron chi connectivity index (χ0n) is 13.1. The third kappa shape index (κ3) is 3.60. The molecule has 24 heavy (non-hydrogen) atoms. The van der Waals surface area contributed by atoms with E-state index in [4.69, 9.17) is 4.42 Å². The van der Waals surface area contributed by atoms with Crippen molar-refractivity contribution < 1.29 is 14.0 Å². The van der Waals surface area contributed by atoms with Gasteiger partial charge in [-0.2, -0.15) is 0 Å². The number of nitrogens with one attached hydrogen (secondary N) is 2. The standard InChI is InChI=1S/C18H16N2O4/c1-11-2-4-12(5-3-11)15(21)8-9-17(22)19-13-6-7-14-16(10-13)24-18(23)20-14/h2-7,10H,8-9H2,1H3,(H,19,22)(H,20,23). The van der Waals surface area contributed by atoms with Crippen molar-refractivity contribution in [2.75, 3.05) is 5.32 Å². The van der Waals surface area contributed by atoms with E-state index in [0.717, 1.165) is 5.56 Å². The first kappa shape index (κ1) is 15.7. The van der Waals surface area contributed by atoms with Crippen molar-refractivity contribution in [3.05, 3.63) is 64.1 Å². The quantitative estimate of drug-likeness (QED) is 0.706. The van der Waals surface area contributed by atoms with Crippen molar-refractivity contribution in [2.24, 2.45) is 0 Å². The zero-order chi connectivity index (χ0) is 17.1. The number of hydrogen-bond donors (Lipinski definition) is 2. The van der Waals surface area contributed by atoms with Gasteiger partial charge in [-0.05, 0) is 19.1 Å². The highest BCUT2D eigenvalue weighted by Gasteiger charge is 2.10. The van der Waals surface area contributed by atoms with Gasteiger partial charge in [-0.3, -0.25) is 14.6 Å². The predicted octanol–water partition coefficient (Wildman–Crippen LogP) is 3.03. The van der Waals surface area contributed by atoms with Crippen LogP contribution in [0.25, 0.3) is 11.1 Å². The number of aromatic amines is 1. The molecule has 1 amide bonds. The van der Waals surface area contributed by atoms with Crippen molar-refractivity contribution >= 4 is 28.5 Å². The molecule has 0 aliphatic carbocycles. The maximum absolute atomic E-state index is 12.1. The Morgan fingerprint density at radius 2 is 1.83 bits per heavy atom. The molecule has 0 aliphatic heterocycles. The summed E-state index contributed by atoms with van der Waals surface area (Å²) in [5.41, 5.74) is 3.12. The minimum atomic E-state index is -0.544. The van der Waals surface area contributed by atoms with Gasteiger partial charge in [0, 0.05) is 30.2 Å². The normalized spacial score (nSPS) is 10.7. The van der Waals surface area contributed by atoms with Crippen molar-refractivity contribution in [3.63, 3.8) is 0 Å². The smallest absolute Gasteiger partial charge is 0.408 e. The Morgan fingerprint density at radius 1 is 1.08 bits per heavy atom. The molecule has 3 rings (SSSR count). The number of Topliss-reactive ketones (excluding diaryl/α,β-unsaturated/α-hetero) is 1. The number of benzene rings is 2. The molecule has 122 valence electrons. The monoisotopic (exact) mass is 324 g/mol. The van der Waals surface area contributed by atoms with Crippen LogP contribution in [0.3, 0.4) is 0 Å². The van der Waals surface area contributed by atoms with Gasteiger partial charge in [-0.1, -0.05) is 29.8 Å². The number of rotatable bonds is 5. The van der Waals surface area contributed by atoms with Gasteiger partial charge < -0.3 is 9.73 Å². The van der Waals surface area contributed by atoms with E-state index in [1.54, 1.807) is 30.3 Å². The number of anilines is 1. The van der Waals surface area contributed by atoms with Gasteiger partial charge in [0.15, 0.2) is 11.4 Å². The fourth-order valence-corrected chi connectivity index (χ4v) is 2.36. The molecule has 0 bridgehead atoms. The molecular weight excluding hydrogens is 308 g/mol. The average molecular weight is 324 g/mol. The summed E-state index contributed by atoms with van der Waals surface area (Å²) < 4.78 is 4.94. The van der Waals surface area contributed by atoms with Crippen LogP contribution in [-0.2, 0) is 4.79 Å². The molecule has 0 saturated carbocycles. The molecular formula is C18H16N2O4. The summed E-state index contributed by atoms with van der Waals surface area (Å²) in [5.74, 6) is -0.887. The van der Waals surface area contributed by atoms with Crippen LogP contribution in [0.5, 0.6) is 0 Å². The van der Waals surface area contributed by atoms with Gasteiger partial charge in [0.05, 0.1) is 5.52 Å². The van der Waals surface area contributed by atoms with Crippen LogP contribution >= 0.6 is 0 Å². The Morgan fingerprint density at radius 3 is 2.58 bits per heavy atom. The Hall–Kier alpha value is -3.15. The number of amides is 1. The summed E-state index contributed by atoms with van der Waals surface area (Å²) in [4.78, 5) is 37.7. The number of oxazole rings is 1. The summed E-state index contributed by atoms with van der Waals surface area (Å²) in [7, 11) is 0. The second-order valence-corrected chi connectivity index (χ2v) is 5.56. The van der Waals surface area contributed by atoms with Crippen LogP contribution in [0, 0.1) is 6.92 Å². The summed E-state index contributed by atoms with van der Waals surface area (Å²) >= 11 is 0. The first-order valence-electron chi connectivity index (χ1n) is 7.54. The summed E-state index contributed by atoms with van der Waals surface area (Å²) in [6.45, 7) is 1.95. The van der Waals surface area contributed by atoms with E-state index in [9.17, 15) is 14.4 Å². The maximum Gasteiger partial charge on any atom is 0.417 e. The molecule has 6 heteroatoms. The fourth-order valence-electron chi connectivity index (χ4n) is 2.36. The molecule has 1 aromatic heterocycles. The minimum absolute atomic E-state index is 0.0720. The summed E-state index contributed by atoms with van der Waals surface area (Å²) in [6.07, 6.45) is 0.220. The van der Waals surface area contributed by atoms with Gasteiger partial charge >= 0.3 is 5.76 Å². The van der Waals surface area contributed by atoms with E-state index in [-0.39, 0.29) is 24.5 Å². The highest BCUT2D eigenvalue weighted by molar-refractivity contribution is 6.00. The number of ketones is 1. The number of carbonyl (C=O) groups is 2. The summed E-state index contributed by atoms with van der Waals surface area (Å²) in [6, 6.07) is 12.1. The number of aryl methyl sites for hydroxylation is 1. The first-order chi connectivity index (χ1) is 11.5. The second-order valence-electron chi connectivity index (χ2n) is 5.56. The van der Waals surface area contributed by atoms with Crippen molar-refractivity contribution in [2.45, 2.75) is 19.8 Å². The Bertz CT molecular complexity index is 951. The van der Waals surface area contributed by atoms with Crippen molar-refractivity contribution in [3.8, 4) is 0 Å². The van der Waals surface area contributed by atoms with E-state index in [2.05, 4.69) is 10.3 Å². The van der Waals surface area contributed by atoms with Crippen molar-refractivity contribution in [1.82, 2.24) is 4.98 Å². The lowest BCUT2D eigenvalue weighted by molar-refractivity contribution is -0.116. The maximum atomic E-state index is 12.1. The molecule has 0 saturated heterocycles. The Labute approximate surface area is 137 Å². The fraction of sp³-hybridized carbons (Fsp3) is 0.167. The van der Waals surface area contributed by atoms with Gasteiger partial charge in [-0.15, -0.1) is 0 Å². The van der Waals surface area contributed by atoms with Crippen LogP contribution in [0.1, 0.15) is 28.8 Å². The third-order valence-corrected chi connectivity index (χ3v) is 3.66. The molecule has 6 nitrogen and oxygen atoms in total. The predicted molar refractivity (Wildman–Crippen MR) is 90.2 cm³/mol. The molecule has 1 heterocycles. The van der Waals surface area contributed by atoms with Crippen molar-refractivity contribution in [1.29, 1.82) is 0 Å². The number of carbonyl (C=O) groups excluding carboxylic acids is 2. The molecule has 0 atom stereocenters. The van der Waals surface area contributed by atoms with Gasteiger partial charge in [0.2, 0.25) is 5.91 Å². The molecule has 0 unspecified atom stereocenters. The van der Waals surface area contributed by atoms with E-state index >= 15 is 0 Å². The molecule has 3 aromatic rings. The van der Waals surface area contributed by atoms with E-state index in [1.165, 1.54) is 0 Å². The average Bonchev–Trinajstić information content (AvgIpc) is 2.92. The highest BCUT2D eigenvalue weighted by Crippen LogP contribution is 2.17. The van der Waals surface area contributed by atoms with E-state index in [1.807, 2.05) is 19.1 Å². The minimum Gasteiger partial charge on any atom is -0.408 e. The summed E-state index contributed by atoms with van der Waals surface area (Å²) in [5, 5.41) is 2.69. The molecule has 0 fully saturated rings. The number of aromatic nitrogens is 1. The number of hydrogen-bond acceptors (Lipinski definition) is 4. The largest absolute Gasteiger partial charge is 0.417 e. The third-order valence-electron chi connectivity index (χ3n) is 3.66. The lowest BCUT2D eigenvalue weighted by Crippen LogP contribution is -2.13. The highest BCUT2D eigenvalue weighted by atomic mass is 16.4. The van der Waals surface area contributed by atoms with Gasteiger partial charge in [0.25, 0.3) is 0 Å². The molecule has 0 aliphatic rings. The molecule has 2 aromatic carbocycles. The lowest BCUT2D eigenvalue weighted by atomic mass is 10.0. The lowest BCUT2D eigenvalue weighted by Gasteiger charge is -2.05. The number of H-pyrrole nitrogens is 1. The van der Waals surface area contributed by atoms with E-state index in [0.29, 0.717) is 22.4 Å². The zero-order valence-corrected chi connectivity index (χ0v) is 13.1. The Balaban J connectivity index is 1.59. The molecule has 2 N–H and O–H groups in total. The van der Waals surface area contributed by atoms with Crippen LogP contribution in [0.4, 0.5) is 5.69 Å².